The molecule has 0 bridgehead atoms. The maximum atomic E-state index is 14.0. The lowest BCUT2D eigenvalue weighted by atomic mass is 9.89. The molecule has 0 unspecified atom stereocenters. The molecule has 0 saturated carbocycles. The summed E-state index contributed by atoms with van der Waals surface area (Å²) in [7, 11) is 0. The minimum atomic E-state index is -0.561. The standard InChI is InChI=1S/C22H21F2N3O2/c23-17-6-4-15(5-7-17)21(28)16-8-10-26(11-9-16)12-13-27-14-25-19-3-1-2-18(24)20(19)22(27)29/h1-7,14,16H,8-13H2. The van der Waals surface area contributed by atoms with Crippen molar-refractivity contribution in [3.05, 3.63) is 76.3 Å². The lowest BCUT2D eigenvalue weighted by molar-refractivity contribution is 0.0837. The largest absolute Gasteiger partial charge is 0.302 e. The topological polar surface area (TPSA) is 55.2 Å². The molecule has 0 radical (unpaired) electrons. The Balaban J connectivity index is 1.36. The van der Waals surface area contributed by atoms with Crippen molar-refractivity contribution in [3.8, 4) is 0 Å². The number of aromatic nitrogens is 2. The van der Waals surface area contributed by atoms with Gasteiger partial charge in [-0.05, 0) is 62.3 Å². The number of ketones is 1. The molecule has 1 aliphatic heterocycles. The molecule has 0 aliphatic carbocycles. The number of piperidine rings is 1. The van der Waals surface area contributed by atoms with Crippen LogP contribution in [0, 0.1) is 17.6 Å². The van der Waals surface area contributed by atoms with Crippen LogP contribution in [0.25, 0.3) is 10.9 Å². The number of Topliss-reactive ketones (excluding diaryl/α,β-unsaturated/α-hetero) is 1. The number of carbonyl (C=O) groups is 1. The van der Waals surface area contributed by atoms with Gasteiger partial charge in [0.2, 0.25) is 0 Å². The zero-order valence-electron chi connectivity index (χ0n) is 15.9. The highest BCUT2D eigenvalue weighted by Gasteiger charge is 2.25. The van der Waals surface area contributed by atoms with Crippen molar-refractivity contribution in [2.75, 3.05) is 19.6 Å². The third-order valence-electron chi connectivity index (χ3n) is 5.55. The fourth-order valence-corrected chi connectivity index (χ4v) is 3.84. The smallest absolute Gasteiger partial charge is 0.264 e. The second-order valence-corrected chi connectivity index (χ2v) is 7.36. The molecule has 1 aliphatic rings. The highest BCUT2D eigenvalue weighted by atomic mass is 19.1. The van der Waals surface area contributed by atoms with E-state index >= 15 is 0 Å². The van der Waals surface area contributed by atoms with Crippen LogP contribution in [0.1, 0.15) is 23.2 Å². The number of hydrogen-bond acceptors (Lipinski definition) is 4. The summed E-state index contributed by atoms with van der Waals surface area (Å²) in [6.07, 6.45) is 2.89. The Hall–Kier alpha value is -2.93. The van der Waals surface area contributed by atoms with Crippen LogP contribution in [0.5, 0.6) is 0 Å². The summed E-state index contributed by atoms with van der Waals surface area (Å²) in [5, 5.41) is 0.0126. The number of halogens is 2. The van der Waals surface area contributed by atoms with E-state index < -0.39 is 5.82 Å². The molecule has 1 saturated heterocycles. The molecule has 0 amide bonds. The summed E-state index contributed by atoms with van der Waals surface area (Å²) in [4.78, 5) is 31.5. The summed E-state index contributed by atoms with van der Waals surface area (Å²) in [6, 6.07) is 10.1. The number of likely N-dealkylation sites (tertiary alicyclic amines) is 1. The van der Waals surface area contributed by atoms with Crippen molar-refractivity contribution >= 4 is 16.7 Å². The van der Waals surface area contributed by atoms with Gasteiger partial charge in [0.1, 0.15) is 17.0 Å². The van der Waals surface area contributed by atoms with Gasteiger partial charge in [-0.2, -0.15) is 0 Å². The second-order valence-electron chi connectivity index (χ2n) is 7.36. The van der Waals surface area contributed by atoms with Crippen LogP contribution in [-0.4, -0.2) is 39.9 Å². The van der Waals surface area contributed by atoms with Crippen molar-refractivity contribution < 1.29 is 13.6 Å². The number of hydrogen-bond donors (Lipinski definition) is 0. The second kappa shape index (κ2) is 8.21. The average Bonchev–Trinajstić information content (AvgIpc) is 2.74. The first-order valence-corrected chi connectivity index (χ1v) is 9.69. The monoisotopic (exact) mass is 397 g/mol. The molecule has 2 aromatic carbocycles. The van der Waals surface area contributed by atoms with Crippen LogP contribution in [0.4, 0.5) is 8.78 Å². The first-order chi connectivity index (χ1) is 14.0. The molecule has 1 aromatic heterocycles. The molecule has 29 heavy (non-hydrogen) atoms. The Morgan fingerprint density at radius 1 is 1.03 bits per heavy atom. The van der Waals surface area contributed by atoms with Gasteiger partial charge < -0.3 is 4.90 Å². The molecule has 7 heteroatoms. The zero-order valence-corrected chi connectivity index (χ0v) is 15.9. The average molecular weight is 397 g/mol. The van der Waals surface area contributed by atoms with Gasteiger partial charge in [-0.3, -0.25) is 14.2 Å². The molecular formula is C22H21F2N3O2. The Labute approximate surface area is 166 Å². The Kier molecular flexibility index (Phi) is 5.49. The maximum Gasteiger partial charge on any atom is 0.264 e. The molecule has 4 rings (SSSR count). The summed E-state index contributed by atoms with van der Waals surface area (Å²) in [5.41, 5.74) is 0.515. The molecule has 2 heterocycles. The van der Waals surface area contributed by atoms with E-state index in [2.05, 4.69) is 9.88 Å². The van der Waals surface area contributed by atoms with E-state index in [1.807, 2.05) is 0 Å². The quantitative estimate of drug-likeness (QED) is 0.620. The van der Waals surface area contributed by atoms with E-state index in [9.17, 15) is 18.4 Å². The van der Waals surface area contributed by atoms with E-state index in [-0.39, 0.29) is 28.5 Å². The fraction of sp³-hybridized carbons (Fsp3) is 0.318. The predicted molar refractivity (Wildman–Crippen MR) is 106 cm³/mol. The molecule has 3 aromatic rings. The molecular weight excluding hydrogens is 376 g/mol. The third kappa shape index (κ3) is 4.10. The normalized spacial score (nSPS) is 15.7. The van der Waals surface area contributed by atoms with Gasteiger partial charge in [-0.15, -0.1) is 0 Å². The van der Waals surface area contributed by atoms with E-state index in [1.54, 1.807) is 6.07 Å². The van der Waals surface area contributed by atoms with Crippen molar-refractivity contribution in [3.63, 3.8) is 0 Å². The maximum absolute atomic E-state index is 14.0. The minimum absolute atomic E-state index is 0.0126. The highest BCUT2D eigenvalue weighted by Crippen LogP contribution is 2.22. The molecule has 0 spiro atoms. The van der Waals surface area contributed by atoms with Crippen molar-refractivity contribution in [2.24, 2.45) is 5.92 Å². The first kappa shape index (κ1) is 19.4. The molecule has 0 N–H and O–H groups in total. The van der Waals surface area contributed by atoms with E-state index in [0.717, 1.165) is 25.9 Å². The Bertz CT molecular complexity index is 1090. The van der Waals surface area contributed by atoms with Crippen LogP contribution >= 0.6 is 0 Å². The van der Waals surface area contributed by atoms with E-state index in [0.29, 0.717) is 24.2 Å². The van der Waals surface area contributed by atoms with Gasteiger partial charge >= 0.3 is 0 Å². The molecule has 150 valence electrons. The summed E-state index contributed by atoms with van der Waals surface area (Å²) < 4.78 is 28.5. The lowest BCUT2D eigenvalue weighted by Crippen LogP contribution is -2.39. The number of benzene rings is 2. The summed E-state index contributed by atoms with van der Waals surface area (Å²) in [6.45, 7) is 2.51. The number of rotatable bonds is 5. The predicted octanol–water partition coefficient (Wildman–Crippen LogP) is 3.27. The molecule has 0 atom stereocenters. The van der Waals surface area contributed by atoms with Crippen LogP contribution in [0.2, 0.25) is 0 Å². The van der Waals surface area contributed by atoms with Gasteiger partial charge in [0.15, 0.2) is 5.78 Å². The van der Waals surface area contributed by atoms with Gasteiger partial charge in [-0.25, -0.2) is 13.8 Å². The Morgan fingerprint density at radius 2 is 1.76 bits per heavy atom. The zero-order chi connectivity index (χ0) is 20.4. The number of carbonyl (C=O) groups excluding carboxylic acids is 1. The van der Waals surface area contributed by atoms with Crippen LogP contribution in [0.3, 0.4) is 0 Å². The lowest BCUT2D eigenvalue weighted by Gasteiger charge is -2.31. The van der Waals surface area contributed by atoms with Crippen molar-refractivity contribution in [1.82, 2.24) is 14.5 Å². The van der Waals surface area contributed by atoms with Gasteiger partial charge in [0, 0.05) is 24.6 Å². The third-order valence-corrected chi connectivity index (χ3v) is 5.55. The highest BCUT2D eigenvalue weighted by molar-refractivity contribution is 5.97. The van der Waals surface area contributed by atoms with Crippen LogP contribution in [0.15, 0.2) is 53.6 Å². The number of fused-ring (bicyclic) bond motifs is 1. The summed E-state index contributed by atoms with van der Waals surface area (Å²) >= 11 is 0. The fourth-order valence-electron chi connectivity index (χ4n) is 3.84. The van der Waals surface area contributed by atoms with Crippen molar-refractivity contribution in [2.45, 2.75) is 19.4 Å². The number of nitrogens with zero attached hydrogens (tertiary/aromatic N) is 3. The van der Waals surface area contributed by atoms with Gasteiger partial charge in [0.05, 0.1) is 11.8 Å². The van der Waals surface area contributed by atoms with Crippen molar-refractivity contribution in [1.29, 1.82) is 0 Å². The van der Waals surface area contributed by atoms with E-state index in [4.69, 9.17) is 0 Å². The summed E-state index contributed by atoms with van der Waals surface area (Å²) in [5.74, 6) is -0.935. The van der Waals surface area contributed by atoms with Crippen LogP contribution < -0.4 is 5.56 Å². The minimum Gasteiger partial charge on any atom is -0.302 e. The molecule has 5 nitrogen and oxygen atoms in total. The van der Waals surface area contributed by atoms with Crippen LogP contribution in [-0.2, 0) is 6.54 Å². The first-order valence-electron chi connectivity index (χ1n) is 9.69. The SMILES string of the molecule is O=C(c1ccc(F)cc1)C1CCN(CCn2cnc3cccc(F)c3c2=O)CC1. The van der Waals surface area contributed by atoms with Gasteiger partial charge in [0.25, 0.3) is 5.56 Å². The van der Waals surface area contributed by atoms with Gasteiger partial charge in [-0.1, -0.05) is 6.07 Å². The Morgan fingerprint density at radius 3 is 2.48 bits per heavy atom. The molecule has 1 fully saturated rings. The van der Waals surface area contributed by atoms with E-state index in [1.165, 1.54) is 47.3 Å².